The maximum Gasteiger partial charge on any atom is 0.329 e. The molecule has 0 aliphatic rings. The first-order valence-electron chi connectivity index (χ1n) is 9.37. The fourth-order valence-electron chi connectivity index (χ4n) is 2.35. The first kappa shape index (κ1) is 24.4. The van der Waals surface area contributed by atoms with E-state index < -0.39 is 36.0 Å². The van der Waals surface area contributed by atoms with Gasteiger partial charge in [0.15, 0.2) is 6.10 Å². The summed E-state index contributed by atoms with van der Waals surface area (Å²) in [6.45, 7) is 8.62. The van der Waals surface area contributed by atoms with Crippen LogP contribution in [0.3, 0.4) is 0 Å². The van der Waals surface area contributed by atoms with Crippen LogP contribution in [-0.4, -0.2) is 42.0 Å². The first-order valence-corrected chi connectivity index (χ1v) is 9.75. The summed E-state index contributed by atoms with van der Waals surface area (Å²) in [4.78, 5) is 48.6. The molecule has 4 amide bonds. The topological polar surface area (TPSA) is 114 Å². The number of ether oxygens (including phenoxy) is 1. The summed E-state index contributed by atoms with van der Waals surface area (Å²) in [6.07, 6.45) is -0.886. The van der Waals surface area contributed by atoms with E-state index in [1.54, 1.807) is 38.1 Å². The Morgan fingerprint density at radius 3 is 2.07 bits per heavy atom. The maximum absolute atomic E-state index is 12.5. The van der Waals surface area contributed by atoms with E-state index in [0.29, 0.717) is 17.0 Å². The van der Waals surface area contributed by atoms with E-state index in [0.717, 1.165) is 0 Å². The van der Waals surface area contributed by atoms with Crippen LogP contribution in [0.4, 0.5) is 4.79 Å². The monoisotopic (exact) mass is 425 g/mol. The molecule has 0 aliphatic heterocycles. The van der Waals surface area contributed by atoms with Crippen LogP contribution in [0.2, 0.25) is 5.02 Å². The van der Waals surface area contributed by atoms with Crippen molar-refractivity contribution in [2.45, 2.75) is 59.2 Å². The van der Waals surface area contributed by atoms with Crippen molar-refractivity contribution in [3.8, 4) is 0 Å². The minimum atomic E-state index is -1.21. The van der Waals surface area contributed by atoms with Gasteiger partial charge in [0.2, 0.25) is 0 Å². The molecule has 2 atom stereocenters. The minimum Gasteiger partial charge on any atom is -0.451 e. The molecule has 0 aliphatic carbocycles. The van der Waals surface area contributed by atoms with Crippen molar-refractivity contribution in [1.29, 1.82) is 0 Å². The quantitative estimate of drug-likeness (QED) is 0.554. The number of rotatable bonds is 8. The summed E-state index contributed by atoms with van der Waals surface area (Å²) < 4.78 is 5.17. The highest BCUT2D eigenvalue weighted by molar-refractivity contribution is 6.30. The number of hydrogen-bond acceptors (Lipinski definition) is 5. The minimum absolute atomic E-state index is 0.0824. The summed E-state index contributed by atoms with van der Waals surface area (Å²) in [5.74, 6) is -1.89. The number of carbonyl (C=O) groups is 4. The maximum atomic E-state index is 12.5. The van der Waals surface area contributed by atoms with Crippen LogP contribution in [0.15, 0.2) is 24.3 Å². The van der Waals surface area contributed by atoms with Gasteiger partial charge in [-0.2, -0.15) is 0 Å². The van der Waals surface area contributed by atoms with E-state index in [9.17, 15) is 19.2 Å². The van der Waals surface area contributed by atoms with Crippen LogP contribution in [0.25, 0.3) is 0 Å². The van der Waals surface area contributed by atoms with Gasteiger partial charge in [0.05, 0.1) is 0 Å². The SMILES string of the molecule is CC(C)C[C@@H](NC(=O)c1ccc(Cl)cc1)C(=O)O[C@H](C)C(=O)NC(=O)NC(C)C. The second kappa shape index (κ2) is 11.4. The Balaban J connectivity index is 2.75. The molecule has 1 rings (SSSR count). The van der Waals surface area contributed by atoms with Crippen LogP contribution >= 0.6 is 11.6 Å². The van der Waals surface area contributed by atoms with Gasteiger partial charge in [-0.3, -0.25) is 14.9 Å². The zero-order valence-corrected chi connectivity index (χ0v) is 18.0. The van der Waals surface area contributed by atoms with E-state index in [4.69, 9.17) is 16.3 Å². The summed E-state index contributed by atoms with van der Waals surface area (Å²) >= 11 is 5.82. The Labute approximate surface area is 175 Å². The summed E-state index contributed by atoms with van der Waals surface area (Å²) in [6, 6.07) is 4.44. The average molecular weight is 426 g/mol. The van der Waals surface area contributed by atoms with E-state index in [2.05, 4.69) is 16.0 Å². The van der Waals surface area contributed by atoms with Crippen molar-refractivity contribution in [3.05, 3.63) is 34.9 Å². The molecule has 1 aromatic carbocycles. The van der Waals surface area contributed by atoms with Gasteiger partial charge in [-0.05, 0) is 57.4 Å². The fraction of sp³-hybridized carbons (Fsp3) is 0.500. The van der Waals surface area contributed by atoms with Crippen LogP contribution in [0.1, 0.15) is 51.4 Å². The molecular weight excluding hydrogens is 398 g/mol. The lowest BCUT2D eigenvalue weighted by molar-refractivity contribution is -0.156. The zero-order valence-electron chi connectivity index (χ0n) is 17.2. The number of amides is 4. The van der Waals surface area contributed by atoms with Crippen LogP contribution in [-0.2, 0) is 14.3 Å². The normalized spacial score (nSPS) is 12.8. The van der Waals surface area contributed by atoms with Gasteiger partial charge in [-0.1, -0.05) is 25.4 Å². The van der Waals surface area contributed by atoms with Crippen LogP contribution in [0.5, 0.6) is 0 Å². The van der Waals surface area contributed by atoms with Crippen molar-refractivity contribution >= 4 is 35.4 Å². The third-order valence-corrected chi connectivity index (χ3v) is 3.97. The molecule has 0 saturated heterocycles. The molecule has 0 spiro atoms. The Morgan fingerprint density at radius 2 is 1.55 bits per heavy atom. The highest BCUT2D eigenvalue weighted by Gasteiger charge is 2.28. The summed E-state index contributed by atoms with van der Waals surface area (Å²) in [5.41, 5.74) is 0.340. The van der Waals surface area contributed by atoms with E-state index in [1.807, 2.05) is 13.8 Å². The van der Waals surface area contributed by atoms with Crippen molar-refractivity contribution in [3.63, 3.8) is 0 Å². The Morgan fingerprint density at radius 1 is 0.966 bits per heavy atom. The third-order valence-electron chi connectivity index (χ3n) is 3.72. The van der Waals surface area contributed by atoms with Gasteiger partial charge >= 0.3 is 12.0 Å². The molecule has 8 nitrogen and oxygen atoms in total. The van der Waals surface area contributed by atoms with Gasteiger partial charge < -0.3 is 15.4 Å². The highest BCUT2D eigenvalue weighted by atomic mass is 35.5. The van der Waals surface area contributed by atoms with E-state index in [-0.39, 0.29) is 12.0 Å². The molecule has 1 aromatic rings. The van der Waals surface area contributed by atoms with E-state index in [1.165, 1.54) is 6.92 Å². The van der Waals surface area contributed by atoms with Crippen molar-refractivity contribution in [2.75, 3.05) is 0 Å². The van der Waals surface area contributed by atoms with Gasteiger partial charge in [0.1, 0.15) is 6.04 Å². The number of esters is 1. The number of hydrogen-bond donors (Lipinski definition) is 3. The second-order valence-corrected chi connectivity index (χ2v) is 7.80. The highest BCUT2D eigenvalue weighted by Crippen LogP contribution is 2.12. The Bertz CT molecular complexity index is 734. The molecule has 3 N–H and O–H groups in total. The predicted octanol–water partition coefficient (Wildman–Crippen LogP) is 2.65. The smallest absolute Gasteiger partial charge is 0.329 e. The second-order valence-electron chi connectivity index (χ2n) is 7.36. The number of nitrogens with one attached hydrogen (secondary N) is 3. The van der Waals surface area contributed by atoms with Gasteiger partial charge in [-0.25, -0.2) is 9.59 Å². The largest absolute Gasteiger partial charge is 0.451 e. The number of urea groups is 1. The first-order chi connectivity index (χ1) is 13.5. The lowest BCUT2D eigenvalue weighted by Crippen LogP contribution is -2.49. The molecule has 160 valence electrons. The van der Waals surface area contributed by atoms with Gasteiger partial charge in [0.25, 0.3) is 11.8 Å². The summed E-state index contributed by atoms with van der Waals surface area (Å²) in [7, 11) is 0. The number of benzene rings is 1. The van der Waals surface area contributed by atoms with Crippen molar-refractivity contribution < 1.29 is 23.9 Å². The lowest BCUT2D eigenvalue weighted by Gasteiger charge is -2.21. The van der Waals surface area contributed by atoms with Crippen LogP contribution < -0.4 is 16.0 Å². The molecule has 0 fully saturated rings. The van der Waals surface area contributed by atoms with Crippen molar-refractivity contribution in [1.82, 2.24) is 16.0 Å². The van der Waals surface area contributed by atoms with Gasteiger partial charge in [0, 0.05) is 16.6 Å². The molecule has 0 bridgehead atoms. The number of halogens is 1. The van der Waals surface area contributed by atoms with Crippen LogP contribution in [0, 0.1) is 5.92 Å². The Kier molecular flexibility index (Phi) is 9.61. The number of imide groups is 1. The molecule has 0 radical (unpaired) electrons. The lowest BCUT2D eigenvalue weighted by atomic mass is 10.0. The van der Waals surface area contributed by atoms with E-state index >= 15 is 0 Å². The van der Waals surface area contributed by atoms with Crippen molar-refractivity contribution in [2.24, 2.45) is 5.92 Å². The predicted molar refractivity (Wildman–Crippen MR) is 110 cm³/mol. The third kappa shape index (κ3) is 8.95. The summed E-state index contributed by atoms with van der Waals surface area (Å²) in [5, 5.41) is 7.72. The Hall–Kier alpha value is -2.61. The average Bonchev–Trinajstić information content (AvgIpc) is 2.60. The van der Waals surface area contributed by atoms with Gasteiger partial charge in [-0.15, -0.1) is 0 Å². The molecule has 0 heterocycles. The molecule has 0 saturated carbocycles. The molecule has 29 heavy (non-hydrogen) atoms. The fourth-order valence-corrected chi connectivity index (χ4v) is 2.48. The standard InChI is InChI=1S/C20H28ClN3O5/c1-11(2)10-16(23-18(26)14-6-8-15(21)9-7-14)19(27)29-13(5)17(25)24-20(28)22-12(3)4/h6-9,11-13,16H,10H2,1-5H3,(H,23,26)(H2,22,24,25,28)/t13-,16-/m1/s1. The molecule has 0 aromatic heterocycles. The zero-order chi connectivity index (χ0) is 22.1. The number of carbonyl (C=O) groups excluding carboxylic acids is 4. The molecular formula is C20H28ClN3O5. The molecule has 0 unspecified atom stereocenters. The molecule has 9 heteroatoms.